The number of hydrogen-bond donors (Lipinski definition) is 0. The van der Waals surface area contributed by atoms with Gasteiger partial charge in [0.25, 0.3) is 5.91 Å². The first kappa shape index (κ1) is 22.0. The second-order valence-corrected chi connectivity index (χ2v) is 8.54. The van der Waals surface area contributed by atoms with Crippen molar-refractivity contribution < 1.29 is 9.53 Å². The summed E-state index contributed by atoms with van der Waals surface area (Å²) < 4.78 is 5.40. The molecule has 0 atom stereocenters. The molecule has 0 aliphatic carbocycles. The normalized spacial score (nSPS) is 14.7. The highest BCUT2D eigenvalue weighted by atomic mass is 35.5. The van der Waals surface area contributed by atoms with Crippen LogP contribution in [0.5, 0.6) is 5.75 Å². The van der Waals surface area contributed by atoms with Gasteiger partial charge in [0.05, 0.1) is 22.1 Å². The van der Waals surface area contributed by atoms with E-state index in [4.69, 9.17) is 27.9 Å². The lowest BCUT2D eigenvalue weighted by atomic mass is 10.1. The molecular weight excluding hydrogens is 427 g/mol. The van der Waals surface area contributed by atoms with Crippen LogP contribution in [0.3, 0.4) is 0 Å². The van der Waals surface area contributed by atoms with Crippen molar-refractivity contribution in [3.05, 3.63) is 58.6 Å². The SMILES string of the molecule is C=C(C(=O)N1CCN(CC)CC1)c1ccc(Sc2ccccc2OC)c(Cl)c1Cl. The van der Waals surface area contributed by atoms with Gasteiger partial charge in [-0.15, -0.1) is 0 Å². The number of halogens is 2. The number of benzene rings is 2. The molecule has 0 aromatic heterocycles. The first-order valence-corrected chi connectivity index (χ1v) is 11.0. The highest BCUT2D eigenvalue weighted by Crippen LogP contribution is 2.43. The summed E-state index contributed by atoms with van der Waals surface area (Å²) in [6.07, 6.45) is 0. The van der Waals surface area contributed by atoms with Gasteiger partial charge in [-0.05, 0) is 24.7 Å². The van der Waals surface area contributed by atoms with Gasteiger partial charge >= 0.3 is 0 Å². The van der Waals surface area contributed by atoms with Gasteiger partial charge in [-0.25, -0.2) is 0 Å². The molecule has 154 valence electrons. The summed E-state index contributed by atoms with van der Waals surface area (Å²) in [6, 6.07) is 11.4. The number of para-hydroxylation sites is 1. The van der Waals surface area contributed by atoms with Crippen LogP contribution in [0.1, 0.15) is 12.5 Å². The Morgan fingerprint density at radius 1 is 1.07 bits per heavy atom. The van der Waals surface area contributed by atoms with Gasteiger partial charge in [-0.2, -0.15) is 0 Å². The van der Waals surface area contributed by atoms with Crippen LogP contribution in [0.2, 0.25) is 10.0 Å². The summed E-state index contributed by atoms with van der Waals surface area (Å²) in [5, 5.41) is 0.752. The number of carbonyl (C=O) groups excluding carboxylic acids is 1. The van der Waals surface area contributed by atoms with Crippen LogP contribution < -0.4 is 4.74 Å². The summed E-state index contributed by atoms with van der Waals surface area (Å²) >= 11 is 14.6. The van der Waals surface area contributed by atoms with Crippen molar-refractivity contribution in [3.8, 4) is 5.75 Å². The molecule has 1 aliphatic heterocycles. The molecule has 3 rings (SSSR count). The summed E-state index contributed by atoms with van der Waals surface area (Å²) in [6.45, 7) is 10.3. The lowest BCUT2D eigenvalue weighted by molar-refractivity contribution is -0.126. The van der Waals surface area contributed by atoms with Gasteiger partial charge in [0.2, 0.25) is 0 Å². The van der Waals surface area contributed by atoms with Gasteiger partial charge in [-0.3, -0.25) is 4.79 Å². The minimum atomic E-state index is -0.0937. The fraction of sp³-hybridized carbons (Fsp3) is 0.318. The fourth-order valence-electron chi connectivity index (χ4n) is 3.24. The summed E-state index contributed by atoms with van der Waals surface area (Å²) in [4.78, 5) is 18.8. The van der Waals surface area contributed by atoms with Crippen molar-refractivity contribution in [2.45, 2.75) is 16.7 Å². The Morgan fingerprint density at radius 3 is 2.41 bits per heavy atom. The number of rotatable bonds is 6. The third kappa shape index (κ3) is 4.92. The number of likely N-dealkylation sites (N-methyl/N-ethyl adjacent to an activating group) is 1. The first-order chi connectivity index (χ1) is 14.0. The zero-order chi connectivity index (χ0) is 21.0. The van der Waals surface area contributed by atoms with E-state index < -0.39 is 0 Å². The molecule has 1 heterocycles. The number of ether oxygens (including phenoxy) is 1. The van der Waals surface area contributed by atoms with Gasteiger partial charge in [-0.1, -0.05) is 66.7 Å². The molecule has 0 radical (unpaired) electrons. The van der Waals surface area contributed by atoms with E-state index in [2.05, 4.69) is 18.4 Å². The second-order valence-electron chi connectivity index (χ2n) is 6.70. The molecule has 1 saturated heterocycles. The molecule has 2 aromatic carbocycles. The van der Waals surface area contributed by atoms with Crippen LogP contribution in [0, 0.1) is 0 Å². The largest absolute Gasteiger partial charge is 0.496 e. The third-order valence-electron chi connectivity index (χ3n) is 5.03. The summed E-state index contributed by atoms with van der Waals surface area (Å²) in [5.41, 5.74) is 0.944. The van der Waals surface area contributed by atoms with Crippen LogP contribution in [-0.4, -0.2) is 55.5 Å². The Morgan fingerprint density at radius 2 is 1.76 bits per heavy atom. The Labute approximate surface area is 186 Å². The van der Waals surface area contributed by atoms with Gasteiger partial charge < -0.3 is 14.5 Å². The highest BCUT2D eigenvalue weighted by Gasteiger charge is 2.25. The van der Waals surface area contributed by atoms with Crippen LogP contribution in [0.4, 0.5) is 0 Å². The standard InChI is InChI=1S/C22H24Cl2N2O2S/c1-4-25-11-13-26(14-12-25)22(27)15(2)16-9-10-19(21(24)20(16)23)29-18-8-6-5-7-17(18)28-3/h5-10H,2,4,11-14H2,1,3H3. The van der Waals surface area contributed by atoms with Crippen LogP contribution in [-0.2, 0) is 4.79 Å². The lowest BCUT2D eigenvalue weighted by Gasteiger charge is -2.34. The minimum Gasteiger partial charge on any atom is -0.496 e. The molecule has 0 unspecified atom stereocenters. The van der Waals surface area contributed by atoms with Crippen LogP contribution in [0.25, 0.3) is 5.57 Å². The van der Waals surface area contributed by atoms with Crippen LogP contribution in [0.15, 0.2) is 52.8 Å². The van der Waals surface area contributed by atoms with Crippen LogP contribution >= 0.6 is 35.0 Å². The van der Waals surface area contributed by atoms with E-state index in [1.54, 1.807) is 7.11 Å². The van der Waals surface area contributed by atoms with Crippen molar-refractivity contribution in [1.82, 2.24) is 9.80 Å². The molecule has 2 aromatic rings. The van der Waals surface area contributed by atoms with Gasteiger partial charge in [0.1, 0.15) is 5.75 Å². The molecule has 1 fully saturated rings. The fourth-order valence-corrected chi connectivity index (χ4v) is 4.82. The van der Waals surface area contributed by atoms with Crippen molar-refractivity contribution >= 4 is 46.4 Å². The second kappa shape index (κ2) is 9.90. The number of carbonyl (C=O) groups is 1. The number of nitrogens with zero attached hydrogens (tertiary/aromatic N) is 2. The molecule has 4 nitrogen and oxygen atoms in total. The van der Waals surface area contributed by atoms with E-state index >= 15 is 0 Å². The van der Waals surface area contributed by atoms with E-state index in [1.165, 1.54) is 11.8 Å². The summed E-state index contributed by atoms with van der Waals surface area (Å²) in [7, 11) is 1.63. The Kier molecular flexibility index (Phi) is 7.52. The monoisotopic (exact) mass is 450 g/mol. The Bertz CT molecular complexity index is 912. The maximum atomic E-state index is 12.9. The molecule has 1 amide bonds. The van der Waals surface area contributed by atoms with E-state index in [9.17, 15) is 4.79 Å². The van der Waals surface area contributed by atoms with Gasteiger partial charge in [0, 0.05) is 42.2 Å². The molecule has 0 spiro atoms. The van der Waals surface area contributed by atoms with Crippen molar-refractivity contribution in [3.63, 3.8) is 0 Å². The number of piperazine rings is 1. The average Bonchev–Trinajstić information content (AvgIpc) is 2.76. The Balaban J connectivity index is 1.78. The molecule has 29 heavy (non-hydrogen) atoms. The predicted molar refractivity (Wildman–Crippen MR) is 121 cm³/mol. The smallest absolute Gasteiger partial charge is 0.254 e. The number of amides is 1. The molecule has 0 bridgehead atoms. The number of hydrogen-bond acceptors (Lipinski definition) is 4. The molecule has 0 N–H and O–H groups in total. The maximum absolute atomic E-state index is 12.9. The Hall–Kier alpha value is -1.66. The minimum absolute atomic E-state index is 0.0937. The molecule has 0 saturated carbocycles. The predicted octanol–water partition coefficient (Wildman–Crippen LogP) is 5.33. The van der Waals surface area contributed by atoms with Crippen molar-refractivity contribution in [2.24, 2.45) is 0 Å². The number of methoxy groups -OCH3 is 1. The highest BCUT2D eigenvalue weighted by molar-refractivity contribution is 7.99. The third-order valence-corrected chi connectivity index (χ3v) is 7.14. The maximum Gasteiger partial charge on any atom is 0.254 e. The van der Waals surface area contributed by atoms with Crippen molar-refractivity contribution in [1.29, 1.82) is 0 Å². The lowest BCUT2D eigenvalue weighted by Crippen LogP contribution is -2.48. The van der Waals surface area contributed by atoms with E-state index in [0.29, 0.717) is 34.3 Å². The van der Waals surface area contributed by atoms with Gasteiger partial charge in [0.15, 0.2) is 0 Å². The average molecular weight is 451 g/mol. The van der Waals surface area contributed by atoms with E-state index in [-0.39, 0.29) is 5.91 Å². The summed E-state index contributed by atoms with van der Waals surface area (Å²) in [5.74, 6) is 0.670. The topological polar surface area (TPSA) is 32.8 Å². The zero-order valence-corrected chi connectivity index (χ0v) is 18.9. The first-order valence-electron chi connectivity index (χ1n) is 9.46. The quantitative estimate of drug-likeness (QED) is 0.556. The molecule has 1 aliphatic rings. The molecular formula is C22H24Cl2N2O2S. The molecule has 7 heteroatoms. The van der Waals surface area contributed by atoms with E-state index in [1.807, 2.05) is 41.3 Å². The van der Waals surface area contributed by atoms with E-state index in [0.717, 1.165) is 35.2 Å². The zero-order valence-electron chi connectivity index (χ0n) is 16.6. The van der Waals surface area contributed by atoms with Crippen molar-refractivity contribution in [2.75, 3.05) is 39.8 Å².